The number of aromatic nitrogens is 1. The van der Waals surface area contributed by atoms with Crippen LogP contribution in [0, 0.1) is 16.0 Å². The molecule has 22 heavy (non-hydrogen) atoms. The van der Waals surface area contributed by atoms with E-state index in [0.717, 1.165) is 18.6 Å². The first-order valence-electron chi connectivity index (χ1n) is 7.47. The Balaban J connectivity index is 1.86. The zero-order valence-corrected chi connectivity index (χ0v) is 12.6. The van der Waals surface area contributed by atoms with Gasteiger partial charge in [-0.1, -0.05) is 6.07 Å². The van der Waals surface area contributed by atoms with Gasteiger partial charge in [0.05, 0.1) is 0 Å². The predicted octanol–water partition coefficient (Wildman–Crippen LogP) is 1.30. The zero-order chi connectivity index (χ0) is 15.9. The first-order chi connectivity index (χ1) is 10.6. The Labute approximate surface area is 129 Å². The number of nitrogens with one attached hydrogen (secondary N) is 1. The van der Waals surface area contributed by atoms with Crippen molar-refractivity contribution in [1.29, 1.82) is 0 Å². The van der Waals surface area contributed by atoms with Gasteiger partial charge in [-0.2, -0.15) is 9.67 Å². The molecule has 118 valence electrons. The fourth-order valence-corrected chi connectivity index (χ4v) is 2.72. The maximum atomic E-state index is 11.8. The normalized spacial score (nSPS) is 22.1. The molecule has 0 unspecified atom stereocenters. The zero-order valence-electron chi connectivity index (χ0n) is 12.6. The first-order valence-corrected chi connectivity index (χ1v) is 7.47. The lowest BCUT2D eigenvalue weighted by molar-refractivity contribution is -0.684. The molecule has 0 radical (unpaired) electrons. The molecular formula is C15H21N4O3+. The number of nitro groups is 1. The lowest BCUT2D eigenvalue weighted by atomic mass is 9.83. The van der Waals surface area contributed by atoms with Crippen LogP contribution in [0.25, 0.3) is 0 Å². The number of hydrazone groups is 1. The molecule has 0 saturated heterocycles. The Morgan fingerprint density at radius 1 is 1.36 bits per heavy atom. The molecule has 2 rings (SSSR count). The van der Waals surface area contributed by atoms with Gasteiger partial charge in [0.1, 0.15) is 0 Å². The van der Waals surface area contributed by atoms with Crippen LogP contribution in [0.15, 0.2) is 35.7 Å². The van der Waals surface area contributed by atoms with Gasteiger partial charge in [0.2, 0.25) is 12.6 Å². The number of hydrogen-bond acceptors (Lipinski definition) is 4. The van der Waals surface area contributed by atoms with Gasteiger partial charge in [-0.3, -0.25) is 14.9 Å². The van der Waals surface area contributed by atoms with Crippen molar-refractivity contribution in [1.82, 2.24) is 5.43 Å². The second-order valence-corrected chi connectivity index (χ2v) is 5.64. The van der Waals surface area contributed by atoms with Gasteiger partial charge in [0, 0.05) is 41.5 Å². The molecule has 7 nitrogen and oxygen atoms in total. The molecule has 1 fully saturated rings. The van der Waals surface area contributed by atoms with E-state index in [9.17, 15) is 14.9 Å². The topological polar surface area (TPSA) is 88.5 Å². The Hall–Kier alpha value is -2.31. The molecule has 0 bridgehead atoms. The van der Waals surface area contributed by atoms with Gasteiger partial charge in [0.15, 0.2) is 12.4 Å². The summed E-state index contributed by atoms with van der Waals surface area (Å²) in [7, 11) is 0. The van der Waals surface area contributed by atoms with Crippen molar-refractivity contribution >= 4 is 11.6 Å². The van der Waals surface area contributed by atoms with Crippen LogP contribution < -0.4 is 9.99 Å². The van der Waals surface area contributed by atoms with Gasteiger partial charge < -0.3 is 0 Å². The second-order valence-electron chi connectivity index (χ2n) is 5.64. The van der Waals surface area contributed by atoms with Crippen molar-refractivity contribution in [2.75, 3.05) is 0 Å². The maximum absolute atomic E-state index is 11.8. The molecule has 1 amide bonds. The average Bonchev–Trinajstić information content (AvgIpc) is 2.53. The summed E-state index contributed by atoms with van der Waals surface area (Å²) in [4.78, 5) is 22.5. The third-order valence-electron chi connectivity index (χ3n) is 4.00. The number of nitrogens with zero attached hydrogens (tertiary/aromatic N) is 3. The van der Waals surface area contributed by atoms with Crippen LogP contribution in [0.3, 0.4) is 0 Å². The molecule has 1 aromatic rings. The highest BCUT2D eigenvalue weighted by Gasteiger charge is 2.31. The summed E-state index contributed by atoms with van der Waals surface area (Å²) in [5.41, 5.74) is 3.29. The minimum Gasteiger partial charge on any atom is -0.266 e. The molecular weight excluding hydrogens is 284 g/mol. The smallest absolute Gasteiger partial charge is 0.266 e. The monoisotopic (exact) mass is 305 g/mol. The molecule has 0 aliphatic heterocycles. The van der Waals surface area contributed by atoms with Crippen molar-refractivity contribution in [3.05, 3.63) is 40.7 Å². The quantitative estimate of drug-likeness (QED) is 0.385. The van der Waals surface area contributed by atoms with Gasteiger partial charge in [-0.15, -0.1) is 0 Å². The number of carbonyl (C=O) groups is 1. The summed E-state index contributed by atoms with van der Waals surface area (Å²) < 4.78 is 1.75. The summed E-state index contributed by atoms with van der Waals surface area (Å²) in [6, 6.07) is 5.09. The number of rotatable bonds is 5. The number of hydrogen-bond donors (Lipinski definition) is 1. The highest BCUT2D eigenvalue weighted by molar-refractivity contribution is 5.86. The fraction of sp³-hybridized carbons (Fsp3) is 0.533. The molecule has 0 aromatic carbocycles. The third-order valence-corrected chi connectivity index (χ3v) is 4.00. The highest BCUT2D eigenvalue weighted by Crippen LogP contribution is 2.26. The third kappa shape index (κ3) is 4.61. The lowest BCUT2D eigenvalue weighted by Gasteiger charge is -2.23. The summed E-state index contributed by atoms with van der Waals surface area (Å²) >= 11 is 0. The Bertz CT molecular complexity index is 559. The maximum Gasteiger partial charge on any atom is 0.305 e. The molecule has 1 heterocycles. The van der Waals surface area contributed by atoms with Crippen molar-refractivity contribution in [3.63, 3.8) is 0 Å². The second kappa shape index (κ2) is 7.63. The van der Waals surface area contributed by atoms with Crippen molar-refractivity contribution in [2.24, 2.45) is 11.0 Å². The molecule has 1 aliphatic carbocycles. The number of amides is 1. The van der Waals surface area contributed by atoms with Crippen LogP contribution in [0.4, 0.5) is 0 Å². The van der Waals surface area contributed by atoms with Crippen LogP contribution >= 0.6 is 0 Å². The van der Waals surface area contributed by atoms with Gasteiger partial charge in [0.25, 0.3) is 0 Å². The SMILES string of the molecule is C/C(=N/NC(=O)C[n+]1ccccc1)[C@H]1CCC[C@H]([N+](=O)[O-])C1. The highest BCUT2D eigenvalue weighted by atomic mass is 16.6. The largest absolute Gasteiger partial charge is 0.305 e. The number of carbonyl (C=O) groups excluding carboxylic acids is 1. The van der Waals surface area contributed by atoms with E-state index in [1.165, 1.54) is 0 Å². The van der Waals surface area contributed by atoms with Crippen LogP contribution in [0.5, 0.6) is 0 Å². The van der Waals surface area contributed by atoms with E-state index in [1.54, 1.807) is 17.0 Å². The van der Waals surface area contributed by atoms with Gasteiger partial charge in [-0.25, -0.2) is 5.43 Å². The lowest BCUT2D eigenvalue weighted by Crippen LogP contribution is -2.41. The number of pyridine rings is 1. The molecule has 1 saturated carbocycles. The van der Waals surface area contributed by atoms with E-state index < -0.39 is 6.04 Å². The summed E-state index contributed by atoms with van der Waals surface area (Å²) in [5.74, 6) is -0.133. The molecule has 1 aliphatic rings. The summed E-state index contributed by atoms with van der Waals surface area (Å²) in [5, 5.41) is 15.0. The molecule has 1 N–H and O–H groups in total. The average molecular weight is 305 g/mol. The van der Waals surface area contributed by atoms with Crippen LogP contribution in [-0.4, -0.2) is 22.6 Å². The molecule has 1 aromatic heterocycles. The van der Waals surface area contributed by atoms with E-state index in [1.807, 2.05) is 25.1 Å². The van der Waals surface area contributed by atoms with Crippen molar-refractivity contribution in [2.45, 2.75) is 45.2 Å². The van der Waals surface area contributed by atoms with Crippen molar-refractivity contribution < 1.29 is 14.3 Å². The standard InChI is InChI=1S/C15H20N4O3/c1-12(13-6-5-7-14(10-13)19(21)22)16-17-15(20)11-18-8-3-2-4-9-18/h2-4,8-9,13-14H,5-7,10-11H2,1H3/p+1/b16-12-/t13-,14-/m0/s1. The van der Waals surface area contributed by atoms with Crippen LogP contribution in [-0.2, 0) is 11.3 Å². The van der Waals surface area contributed by atoms with Crippen LogP contribution in [0.2, 0.25) is 0 Å². The fourth-order valence-electron chi connectivity index (χ4n) is 2.72. The molecule has 7 heteroatoms. The summed E-state index contributed by atoms with van der Waals surface area (Å²) in [6.07, 6.45) is 6.47. The minimum atomic E-state index is -0.487. The van der Waals surface area contributed by atoms with Gasteiger partial charge in [-0.05, 0) is 19.8 Å². The minimum absolute atomic E-state index is 0.0776. The Kier molecular flexibility index (Phi) is 5.57. The van der Waals surface area contributed by atoms with E-state index in [2.05, 4.69) is 10.5 Å². The molecule has 0 spiro atoms. The van der Waals surface area contributed by atoms with Crippen LogP contribution in [0.1, 0.15) is 32.6 Å². The van der Waals surface area contributed by atoms with E-state index >= 15 is 0 Å². The van der Waals surface area contributed by atoms with E-state index in [4.69, 9.17) is 0 Å². The predicted molar refractivity (Wildman–Crippen MR) is 80.6 cm³/mol. The van der Waals surface area contributed by atoms with E-state index in [0.29, 0.717) is 12.8 Å². The summed E-state index contributed by atoms with van der Waals surface area (Å²) in [6.45, 7) is 2.02. The molecule has 2 atom stereocenters. The Morgan fingerprint density at radius 3 is 2.77 bits per heavy atom. The van der Waals surface area contributed by atoms with E-state index in [-0.39, 0.29) is 23.3 Å². The first kappa shape index (κ1) is 16.1. The Morgan fingerprint density at radius 2 is 2.09 bits per heavy atom. The van der Waals surface area contributed by atoms with Crippen molar-refractivity contribution in [3.8, 4) is 0 Å². The van der Waals surface area contributed by atoms with Gasteiger partial charge >= 0.3 is 5.91 Å².